The van der Waals surface area contributed by atoms with E-state index in [0.29, 0.717) is 13.1 Å². The molecule has 0 aromatic carbocycles. The highest BCUT2D eigenvalue weighted by Gasteiger charge is 2.26. The van der Waals surface area contributed by atoms with Crippen LogP contribution in [0.15, 0.2) is 0 Å². The van der Waals surface area contributed by atoms with Gasteiger partial charge >= 0.3 is 0 Å². The Hall–Kier alpha value is -0.170. The molecule has 0 aliphatic carbocycles. The molecule has 0 unspecified atom stereocenters. The molecule has 0 spiro atoms. The van der Waals surface area contributed by atoms with Gasteiger partial charge in [-0.25, -0.2) is 0 Å². The predicted octanol–water partition coefficient (Wildman–Crippen LogP) is -0.348. The normalized spacial score (nSPS) is 21.7. The van der Waals surface area contributed by atoms with E-state index >= 15 is 0 Å². The molecular weight excluding hydrogens is 202 g/mol. The van der Waals surface area contributed by atoms with Gasteiger partial charge in [0, 0.05) is 25.2 Å². The van der Waals surface area contributed by atoms with Crippen molar-refractivity contribution in [2.24, 2.45) is 5.73 Å². The number of nitrogens with zero attached hydrogens (tertiary/aromatic N) is 1. The highest BCUT2D eigenvalue weighted by Crippen LogP contribution is 2.11. The lowest BCUT2D eigenvalue weighted by Crippen LogP contribution is -2.49. The summed E-state index contributed by atoms with van der Waals surface area (Å²) in [6.07, 6.45) is 1.50. The maximum atomic E-state index is 11.7. The molecule has 6 heteroatoms. The summed E-state index contributed by atoms with van der Waals surface area (Å²) >= 11 is 0. The van der Waals surface area contributed by atoms with E-state index in [-0.39, 0.29) is 12.1 Å². The molecule has 84 valence electrons. The summed E-state index contributed by atoms with van der Waals surface area (Å²) in [5, 5.41) is 0. The molecule has 14 heavy (non-hydrogen) atoms. The Kier molecular flexibility index (Phi) is 3.88. The monoisotopic (exact) mass is 221 g/mol. The van der Waals surface area contributed by atoms with Crippen molar-refractivity contribution in [3.8, 4) is 0 Å². The second kappa shape index (κ2) is 4.57. The van der Waals surface area contributed by atoms with Crippen molar-refractivity contribution < 1.29 is 8.42 Å². The summed E-state index contributed by atoms with van der Waals surface area (Å²) in [4.78, 5) is 0. The van der Waals surface area contributed by atoms with Gasteiger partial charge in [0.2, 0.25) is 0 Å². The van der Waals surface area contributed by atoms with Crippen LogP contribution in [0.5, 0.6) is 0 Å². The summed E-state index contributed by atoms with van der Waals surface area (Å²) in [5.74, 6) is 0. The van der Waals surface area contributed by atoms with Gasteiger partial charge in [-0.15, -0.1) is 0 Å². The zero-order chi connectivity index (χ0) is 10.8. The van der Waals surface area contributed by atoms with Gasteiger partial charge in [0.15, 0.2) is 0 Å². The maximum absolute atomic E-state index is 11.7. The molecule has 5 nitrogen and oxygen atoms in total. The molecule has 1 heterocycles. The fourth-order valence-corrected chi connectivity index (χ4v) is 2.92. The van der Waals surface area contributed by atoms with Crippen LogP contribution in [0.3, 0.4) is 0 Å². The smallest absolute Gasteiger partial charge is 0.279 e. The Morgan fingerprint density at radius 1 is 1.36 bits per heavy atom. The first-order chi connectivity index (χ1) is 6.42. The topological polar surface area (TPSA) is 75.4 Å². The lowest BCUT2D eigenvalue weighted by molar-refractivity contribution is 0.315. The minimum atomic E-state index is -3.28. The van der Waals surface area contributed by atoms with Gasteiger partial charge in [0.05, 0.1) is 0 Å². The number of piperidine rings is 1. The third kappa shape index (κ3) is 3.20. The molecule has 1 rings (SSSR count). The molecule has 0 radical (unpaired) electrons. The van der Waals surface area contributed by atoms with Crippen molar-refractivity contribution in [1.29, 1.82) is 0 Å². The van der Waals surface area contributed by atoms with E-state index in [1.54, 1.807) is 0 Å². The van der Waals surface area contributed by atoms with Crippen LogP contribution in [0.2, 0.25) is 0 Å². The van der Waals surface area contributed by atoms with Crippen molar-refractivity contribution >= 4 is 10.2 Å². The van der Waals surface area contributed by atoms with E-state index in [1.807, 2.05) is 13.8 Å². The summed E-state index contributed by atoms with van der Waals surface area (Å²) < 4.78 is 27.4. The SMILES string of the molecule is CC(C)NS(=O)(=O)N1CCC(N)CC1. The standard InChI is InChI=1S/C8H19N3O2S/c1-7(2)10-14(12,13)11-5-3-8(9)4-6-11/h7-8,10H,3-6,9H2,1-2H3. The van der Waals surface area contributed by atoms with Crippen molar-refractivity contribution in [2.45, 2.75) is 38.8 Å². The second-order valence-electron chi connectivity index (χ2n) is 4.01. The number of nitrogens with two attached hydrogens (primary N) is 1. The molecule has 1 aliphatic heterocycles. The van der Waals surface area contributed by atoms with Crippen LogP contribution in [0.1, 0.15) is 26.7 Å². The predicted molar refractivity (Wildman–Crippen MR) is 56.0 cm³/mol. The van der Waals surface area contributed by atoms with Gasteiger partial charge < -0.3 is 5.73 Å². The van der Waals surface area contributed by atoms with Crippen molar-refractivity contribution in [3.63, 3.8) is 0 Å². The number of rotatable bonds is 3. The molecule has 0 aromatic rings. The molecule has 0 saturated carbocycles. The molecule has 0 bridgehead atoms. The molecule has 0 amide bonds. The van der Waals surface area contributed by atoms with E-state index < -0.39 is 10.2 Å². The zero-order valence-electron chi connectivity index (χ0n) is 8.73. The molecular formula is C8H19N3O2S. The average molecular weight is 221 g/mol. The van der Waals surface area contributed by atoms with E-state index in [9.17, 15) is 8.42 Å². The quantitative estimate of drug-likeness (QED) is 0.684. The first-order valence-electron chi connectivity index (χ1n) is 4.95. The van der Waals surface area contributed by atoms with Crippen LogP contribution in [-0.2, 0) is 10.2 Å². The highest BCUT2D eigenvalue weighted by atomic mass is 32.2. The fourth-order valence-electron chi connectivity index (χ4n) is 1.49. The molecule has 1 aliphatic rings. The largest absolute Gasteiger partial charge is 0.328 e. The van der Waals surface area contributed by atoms with E-state index in [4.69, 9.17) is 5.73 Å². The Morgan fingerprint density at radius 3 is 2.29 bits per heavy atom. The van der Waals surface area contributed by atoms with Gasteiger partial charge in [0.25, 0.3) is 10.2 Å². The summed E-state index contributed by atoms with van der Waals surface area (Å²) in [6, 6.07) is 0.0936. The molecule has 0 atom stereocenters. The summed E-state index contributed by atoms with van der Waals surface area (Å²) in [6.45, 7) is 4.69. The first kappa shape index (κ1) is 11.9. The van der Waals surface area contributed by atoms with E-state index in [0.717, 1.165) is 12.8 Å². The van der Waals surface area contributed by atoms with Crippen molar-refractivity contribution in [3.05, 3.63) is 0 Å². The van der Waals surface area contributed by atoms with Crippen LogP contribution >= 0.6 is 0 Å². The summed E-state index contributed by atoms with van der Waals surface area (Å²) in [7, 11) is -3.28. The lowest BCUT2D eigenvalue weighted by atomic mass is 10.1. The number of hydrogen-bond acceptors (Lipinski definition) is 3. The van der Waals surface area contributed by atoms with Gasteiger partial charge in [-0.05, 0) is 26.7 Å². The molecule has 1 saturated heterocycles. The second-order valence-corrected chi connectivity index (χ2v) is 5.72. The van der Waals surface area contributed by atoms with Gasteiger partial charge in [0.1, 0.15) is 0 Å². The summed E-state index contributed by atoms with van der Waals surface area (Å²) in [5.41, 5.74) is 5.70. The number of nitrogens with one attached hydrogen (secondary N) is 1. The van der Waals surface area contributed by atoms with Crippen LogP contribution in [0, 0.1) is 0 Å². The van der Waals surface area contributed by atoms with Crippen LogP contribution in [-0.4, -0.2) is 37.9 Å². The minimum absolute atomic E-state index is 0.0596. The third-order valence-electron chi connectivity index (χ3n) is 2.22. The minimum Gasteiger partial charge on any atom is -0.328 e. The first-order valence-corrected chi connectivity index (χ1v) is 6.39. The Bertz CT molecular complexity index is 268. The van der Waals surface area contributed by atoms with E-state index in [1.165, 1.54) is 4.31 Å². The van der Waals surface area contributed by atoms with Crippen molar-refractivity contribution in [2.75, 3.05) is 13.1 Å². The zero-order valence-corrected chi connectivity index (χ0v) is 9.55. The van der Waals surface area contributed by atoms with Crippen LogP contribution in [0.25, 0.3) is 0 Å². The molecule has 3 N–H and O–H groups in total. The number of hydrogen-bond donors (Lipinski definition) is 2. The highest BCUT2D eigenvalue weighted by molar-refractivity contribution is 7.87. The average Bonchev–Trinajstić information content (AvgIpc) is 2.02. The van der Waals surface area contributed by atoms with Crippen LogP contribution < -0.4 is 10.5 Å². The Morgan fingerprint density at radius 2 is 1.86 bits per heavy atom. The molecule has 1 fully saturated rings. The molecule has 0 aromatic heterocycles. The maximum Gasteiger partial charge on any atom is 0.279 e. The van der Waals surface area contributed by atoms with Gasteiger partial charge in [-0.2, -0.15) is 17.4 Å². The van der Waals surface area contributed by atoms with Gasteiger partial charge in [-0.1, -0.05) is 0 Å². The Balaban J connectivity index is 2.56. The van der Waals surface area contributed by atoms with E-state index in [2.05, 4.69) is 4.72 Å². The Labute approximate surface area is 85.8 Å². The fraction of sp³-hybridized carbons (Fsp3) is 1.00. The third-order valence-corrected chi connectivity index (χ3v) is 4.04. The van der Waals surface area contributed by atoms with Crippen LogP contribution in [0.4, 0.5) is 0 Å². The van der Waals surface area contributed by atoms with Crippen molar-refractivity contribution in [1.82, 2.24) is 9.03 Å². The lowest BCUT2D eigenvalue weighted by Gasteiger charge is -2.29. The van der Waals surface area contributed by atoms with Gasteiger partial charge in [-0.3, -0.25) is 0 Å².